The fraction of sp³-hybridized carbons (Fsp3) is 0.500. The average Bonchev–Trinajstić information content (AvgIpc) is 2.73. The van der Waals surface area contributed by atoms with Crippen molar-refractivity contribution in [2.45, 2.75) is 52.4 Å². The van der Waals surface area contributed by atoms with Crippen molar-refractivity contribution < 1.29 is 19.2 Å². The fourth-order valence-corrected chi connectivity index (χ4v) is 2.82. The molecule has 7 heteroatoms. The lowest BCUT2D eigenvalue weighted by Crippen LogP contribution is -2.41. The Hall–Kier alpha value is -1.15. The summed E-state index contributed by atoms with van der Waals surface area (Å²) in [5.41, 5.74) is 1.61. The van der Waals surface area contributed by atoms with E-state index in [-0.39, 0.29) is 12.5 Å². The highest BCUT2D eigenvalue weighted by Gasteiger charge is 2.52. The highest BCUT2D eigenvalue weighted by molar-refractivity contribution is 9.10. The lowest BCUT2D eigenvalue weighted by Gasteiger charge is -2.32. The lowest BCUT2D eigenvalue weighted by molar-refractivity contribution is -0.118. The molecular formula is C18H25BBrNO4. The molecule has 0 unspecified atom stereocenters. The van der Waals surface area contributed by atoms with Gasteiger partial charge in [-0.05, 0) is 56.4 Å². The summed E-state index contributed by atoms with van der Waals surface area (Å²) in [4.78, 5) is 11.4. The largest absolute Gasteiger partial charge is 0.492 e. The minimum absolute atomic E-state index is 0.0558. The van der Waals surface area contributed by atoms with Crippen molar-refractivity contribution in [2.24, 2.45) is 0 Å². The fourth-order valence-electron chi connectivity index (χ4n) is 2.44. The van der Waals surface area contributed by atoms with Gasteiger partial charge in [0, 0.05) is 17.9 Å². The SMILES string of the molecule is CC(=O)NCC(=Cc1ccc(Br)c(CO)c1)B1OC(C)(C)C(C)(C)O1. The molecule has 136 valence electrons. The number of nitrogens with one attached hydrogen (secondary N) is 1. The zero-order valence-corrected chi connectivity index (χ0v) is 16.9. The molecule has 0 aliphatic carbocycles. The Morgan fingerprint density at radius 3 is 2.40 bits per heavy atom. The molecule has 1 aromatic rings. The number of hydrogen-bond donors (Lipinski definition) is 2. The van der Waals surface area contributed by atoms with Crippen molar-refractivity contribution >= 4 is 35.0 Å². The van der Waals surface area contributed by atoms with Crippen LogP contribution in [0.25, 0.3) is 6.08 Å². The topological polar surface area (TPSA) is 67.8 Å². The van der Waals surface area contributed by atoms with Crippen molar-refractivity contribution in [3.05, 3.63) is 39.3 Å². The molecule has 25 heavy (non-hydrogen) atoms. The number of hydrogen-bond acceptors (Lipinski definition) is 4. The van der Waals surface area contributed by atoms with Crippen LogP contribution in [0.5, 0.6) is 0 Å². The predicted octanol–water partition coefficient (Wildman–Crippen LogP) is 3.09. The maximum absolute atomic E-state index is 11.4. The van der Waals surface area contributed by atoms with Gasteiger partial charge in [-0.3, -0.25) is 4.79 Å². The van der Waals surface area contributed by atoms with Crippen LogP contribution in [0.3, 0.4) is 0 Å². The molecule has 0 atom stereocenters. The number of halogens is 1. The van der Waals surface area contributed by atoms with Crippen LogP contribution >= 0.6 is 15.9 Å². The van der Waals surface area contributed by atoms with Gasteiger partial charge < -0.3 is 19.7 Å². The van der Waals surface area contributed by atoms with Crippen molar-refractivity contribution in [1.29, 1.82) is 0 Å². The summed E-state index contributed by atoms with van der Waals surface area (Å²) in [5.74, 6) is -0.116. The molecule has 1 aliphatic heterocycles. The predicted molar refractivity (Wildman–Crippen MR) is 103 cm³/mol. The van der Waals surface area contributed by atoms with Gasteiger partial charge >= 0.3 is 7.12 Å². The van der Waals surface area contributed by atoms with Crippen LogP contribution in [-0.2, 0) is 20.7 Å². The zero-order chi connectivity index (χ0) is 18.8. The molecule has 0 bridgehead atoms. The third-order valence-corrected chi connectivity index (χ3v) is 5.46. The van der Waals surface area contributed by atoms with Crippen LogP contribution in [0.15, 0.2) is 28.1 Å². The van der Waals surface area contributed by atoms with Crippen molar-refractivity contribution in [1.82, 2.24) is 5.32 Å². The van der Waals surface area contributed by atoms with Gasteiger partial charge in [0.15, 0.2) is 0 Å². The number of benzene rings is 1. The Labute approximate surface area is 158 Å². The van der Waals surface area contributed by atoms with E-state index in [1.807, 2.05) is 52.0 Å². The van der Waals surface area contributed by atoms with Gasteiger partial charge in [0.05, 0.1) is 17.8 Å². The molecule has 0 spiro atoms. The van der Waals surface area contributed by atoms with Gasteiger partial charge in [-0.25, -0.2) is 0 Å². The van der Waals surface area contributed by atoms with Crippen molar-refractivity contribution in [3.63, 3.8) is 0 Å². The Morgan fingerprint density at radius 1 is 1.28 bits per heavy atom. The second kappa shape index (κ2) is 7.62. The minimum Gasteiger partial charge on any atom is -0.400 e. The Bertz CT molecular complexity index is 672. The van der Waals surface area contributed by atoms with Crippen LogP contribution < -0.4 is 5.32 Å². The number of rotatable bonds is 5. The van der Waals surface area contributed by atoms with Gasteiger partial charge in [0.2, 0.25) is 5.91 Å². The summed E-state index contributed by atoms with van der Waals surface area (Å²) < 4.78 is 13.1. The summed E-state index contributed by atoms with van der Waals surface area (Å²) in [5, 5.41) is 12.3. The summed E-state index contributed by atoms with van der Waals surface area (Å²) in [6, 6.07) is 5.71. The molecule has 1 amide bonds. The number of carbonyl (C=O) groups excluding carboxylic acids is 1. The van der Waals surface area contributed by atoms with Gasteiger partial charge in [0.25, 0.3) is 0 Å². The zero-order valence-electron chi connectivity index (χ0n) is 15.4. The van der Waals surface area contributed by atoms with E-state index in [9.17, 15) is 9.90 Å². The van der Waals surface area contributed by atoms with Gasteiger partial charge in [0.1, 0.15) is 0 Å². The van der Waals surface area contributed by atoms with E-state index in [1.54, 1.807) is 0 Å². The number of amides is 1. The quantitative estimate of drug-likeness (QED) is 0.733. The van der Waals surface area contributed by atoms with E-state index < -0.39 is 18.3 Å². The Kier molecular flexibility index (Phi) is 6.15. The van der Waals surface area contributed by atoms with Crippen molar-refractivity contribution in [3.8, 4) is 0 Å². The average molecular weight is 410 g/mol. The first-order valence-corrected chi connectivity index (χ1v) is 9.05. The molecule has 2 rings (SSSR count). The smallest absolute Gasteiger partial charge is 0.400 e. The highest BCUT2D eigenvalue weighted by Crippen LogP contribution is 2.38. The number of aliphatic hydroxyl groups is 1. The minimum atomic E-state index is -0.543. The number of aliphatic hydroxyl groups excluding tert-OH is 1. The third-order valence-electron chi connectivity index (χ3n) is 4.69. The van der Waals surface area contributed by atoms with E-state index in [2.05, 4.69) is 21.2 Å². The van der Waals surface area contributed by atoms with E-state index in [4.69, 9.17) is 9.31 Å². The second-order valence-electron chi connectivity index (χ2n) is 7.23. The van der Waals surface area contributed by atoms with Crippen LogP contribution in [0.1, 0.15) is 45.7 Å². The second-order valence-corrected chi connectivity index (χ2v) is 8.08. The number of carbonyl (C=O) groups is 1. The standard InChI is InChI=1S/C18H25BBrNO4/c1-12(23)21-10-15(19-24-17(2,3)18(4,5)25-19)9-13-6-7-16(20)14(8-13)11-22/h6-9,22H,10-11H2,1-5H3,(H,21,23). The van der Waals surface area contributed by atoms with Gasteiger partial charge in [-0.1, -0.05) is 28.1 Å². The molecule has 1 fully saturated rings. The summed E-state index contributed by atoms with van der Waals surface area (Å²) in [7, 11) is -0.543. The van der Waals surface area contributed by atoms with Gasteiger partial charge in [-0.2, -0.15) is 0 Å². The molecule has 0 radical (unpaired) electrons. The van der Waals surface area contributed by atoms with Crippen LogP contribution in [0.2, 0.25) is 0 Å². The first-order valence-electron chi connectivity index (χ1n) is 8.25. The third kappa shape index (κ3) is 4.73. The maximum Gasteiger partial charge on any atom is 0.492 e. The Balaban J connectivity index is 2.35. The van der Waals surface area contributed by atoms with E-state index in [0.717, 1.165) is 21.1 Å². The normalized spacial score (nSPS) is 19.2. The molecule has 2 N–H and O–H groups in total. The first-order chi connectivity index (χ1) is 11.6. The molecule has 0 aromatic heterocycles. The summed E-state index contributed by atoms with van der Waals surface area (Å²) in [6.07, 6.45) is 1.93. The molecule has 1 aromatic carbocycles. The van der Waals surface area contributed by atoms with E-state index in [0.29, 0.717) is 6.54 Å². The summed E-state index contributed by atoms with van der Waals surface area (Å²) in [6.45, 7) is 9.72. The van der Waals surface area contributed by atoms with E-state index >= 15 is 0 Å². The maximum atomic E-state index is 11.4. The highest BCUT2D eigenvalue weighted by atomic mass is 79.9. The van der Waals surface area contributed by atoms with Gasteiger partial charge in [-0.15, -0.1) is 0 Å². The molecular weight excluding hydrogens is 385 g/mol. The summed E-state index contributed by atoms with van der Waals surface area (Å²) >= 11 is 3.42. The van der Waals surface area contributed by atoms with E-state index in [1.165, 1.54) is 6.92 Å². The van der Waals surface area contributed by atoms with Crippen LogP contribution in [0, 0.1) is 0 Å². The van der Waals surface area contributed by atoms with Crippen LogP contribution in [-0.4, -0.2) is 35.9 Å². The molecule has 1 saturated heterocycles. The molecule has 1 heterocycles. The molecule has 0 saturated carbocycles. The van der Waals surface area contributed by atoms with Crippen LogP contribution in [0.4, 0.5) is 0 Å². The lowest BCUT2D eigenvalue weighted by atomic mass is 9.77. The molecule has 5 nitrogen and oxygen atoms in total. The van der Waals surface area contributed by atoms with Crippen molar-refractivity contribution in [2.75, 3.05) is 6.54 Å². The first kappa shape index (κ1) is 20.2. The monoisotopic (exact) mass is 409 g/mol. The Morgan fingerprint density at radius 2 is 1.88 bits per heavy atom. The molecule has 1 aliphatic rings.